The summed E-state index contributed by atoms with van der Waals surface area (Å²) < 4.78 is 37.4. The quantitative estimate of drug-likeness (QED) is 0.423. The second-order valence-electron chi connectivity index (χ2n) is 4.98. The lowest BCUT2D eigenvalue weighted by Gasteiger charge is -2.05. The summed E-state index contributed by atoms with van der Waals surface area (Å²) in [5.41, 5.74) is 3.92. The number of nitrogens with zero attached hydrogens (tertiary/aromatic N) is 2. The third kappa shape index (κ3) is 4.99. The number of aryl methyl sites for hydroxylation is 1. The van der Waals surface area contributed by atoms with Crippen molar-refractivity contribution in [2.45, 2.75) is 6.92 Å². The molecule has 3 aromatic rings. The Labute approximate surface area is 150 Å². The average Bonchev–Trinajstić information content (AvgIpc) is 2.55. The molecule has 0 aliphatic carbocycles. The van der Waals surface area contributed by atoms with Crippen LogP contribution in [0.1, 0.15) is 6.92 Å². The Kier molecular flexibility index (Phi) is 6.12. The minimum absolute atomic E-state index is 0.659. The Morgan fingerprint density at radius 2 is 1.84 bits per heavy atom. The first-order valence-electron chi connectivity index (χ1n) is 7.30. The maximum absolute atomic E-state index is 9.33. The lowest BCUT2D eigenvalue weighted by atomic mass is 10.2. The molecule has 7 nitrogen and oxygen atoms in total. The fourth-order valence-electron chi connectivity index (χ4n) is 2.25. The highest BCUT2D eigenvalue weighted by atomic mass is 35.5. The monoisotopic (exact) mass is 385 g/mol. The van der Waals surface area contributed by atoms with E-state index in [1.807, 2.05) is 50.4 Å². The van der Waals surface area contributed by atoms with E-state index in [0.29, 0.717) is 11.6 Å². The van der Waals surface area contributed by atoms with Crippen LogP contribution in [0.2, 0.25) is 5.02 Å². The minimum Gasteiger partial charge on any atom is -0.494 e. The van der Waals surface area contributed by atoms with Gasteiger partial charge in [0, 0.05) is 11.1 Å². The molecule has 1 aromatic heterocycles. The van der Waals surface area contributed by atoms with Crippen molar-refractivity contribution in [3.63, 3.8) is 0 Å². The van der Waals surface area contributed by atoms with E-state index >= 15 is 0 Å². The molecule has 0 fully saturated rings. The van der Waals surface area contributed by atoms with E-state index in [1.54, 1.807) is 0 Å². The first-order chi connectivity index (χ1) is 11.7. The third-order valence-corrected chi connectivity index (χ3v) is 4.03. The molecular formula is C16H18ClN2O5S+. The predicted octanol–water partition coefficient (Wildman–Crippen LogP) is 2.70. The highest BCUT2D eigenvalue weighted by molar-refractivity contribution is 7.80. The maximum Gasteiger partial charge on any atom is 0.397 e. The standard InChI is InChI=1S/C15H14ClN2O.CH4O4S/c1-3-19-11-5-6-12-15(9-11)18(2)14-7-4-10(16)8-13(14)17-12;1-5-6(2,3)4/h4-9H,3H2,1-2H3;1H3,(H,2,3,4)/q+1;. The largest absolute Gasteiger partial charge is 0.494 e. The van der Waals surface area contributed by atoms with Crippen molar-refractivity contribution in [3.05, 3.63) is 41.4 Å². The van der Waals surface area contributed by atoms with Gasteiger partial charge in [0.2, 0.25) is 11.0 Å². The summed E-state index contributed by atoms with van der Waals surface area (Å²) in [4.78, 5) is 4.64. The molecular weight excluding hydrogens is 368 g/mol. The Hall–Kier alpha value is -2.00. The van der Waals surface area contributed by atoms with Crippen LogP contribution in [-0.2, 0) is 21.6 Å². The van der Waals surface area contributed by atoms with Gasteiger partial charge in [-0.15, -0.1) is 0 Å². The molecule has 3 rings (SSSR count). The van der Waals surface area contributed by atoms with Gasteiger partial charge in [-0.25, -0.2) is 4.98 Å². The summed E-state index contributed by atoms with van der Waals surface area (Å²) in [5, 5.41) is 0.699. The number of fused-ring (bicyclic) bond motifs is 2. The van der Waals surface area contributed by atoms with Crippen molar-refractivity contribution in [2.24, 2.45) is 7.05 Å². The molecule has 0 amide bonds. The highest BCUT2D eigenvalue weighted by Crippen LogP contribution is 2.21. The molecule has 0 radical (unpaired) electrons. The van der Waals surface area contributed by atoms with E-state index < -0.39 is 10.4 Å². The van der Waals surface area contributed by atoms with Gasteiger partial charge in [-0.2, -0.15) is 13.0 Å². The van der Waals surface area contributed by atoms with Gasteiger partial charge in [0.15, 0.2) is 0 Å². The van der Waals surface area contributed by atoms with E-state index in [4.69, 9.17) is 20.9 Å². The predicted molar refractivity (Wildman–Crippen MR) is 95.2 cm³/mol. The van der Waals surface area contributed by atoms with E-state index in [9.17, 15) is 8.42 Å². The van der Waals surface area contributed by atoms with Crippen LogP contribution < -0.4 is 9.30 Å². The van der Waals surface area contributed by atoms with Gasteiger partial charge in [0.25, 0.3) is 0 Å². The summed E-state index contributed by atoms with van der Waals surface area (Å²) in [6, 6.07) is 11.7. The van der Waals surface area contributed by atoms with Crippen molar-refractivity contribution >= 4 is 44.1 Å². The maximum atomic E-state index is 9.33. The Bertz CT molecular complexity index is 1010. The molecule has 0 aliphatic rings. The van der Waals surface area contributed by atoms with Crippen LogP contribution in [0.25, 0.3) is 22.1 Å². The Balaban J connectivity index is 0.000000326. The summed E-state index contributed by atoms with van der Waals surface area (Å²) in [7, 11) is -1.27. The zero-order chi connectivity index (χ0) is 18.6. The molecule has 0 aliphatic heterocycles. The fourth-order valence-corrected chi connectivity index (χ4v) is 2.42. The number of halogens is 1. The minimum atomic E-state index is -4.16. The van der Waals surface area contributed by atoms with Gasteiger partial charge in [-0.3, -0.25) is 8.74 Å². The van der Waals surface area contributed by atoms with Crippen molar-refractivity contribution in [1.82, 2.24) is 4.98 Å². The molecule has 0 unspecified atom stereocenters. The summed E-state index contributed by atoms with van der Waals surface area (Å²) >= 11 is 6.02. The van der Waals surface area contributed by atoms with Crippen LogP contribution >= 0.6 is 11.6 Å². The number of hydrogen-bond acceptors (Lipinski definition) is 5. The summed E-state index contributed by atoms with van der Waals surface area (Å²) in [6.45, 7) is 2.64. The van der Waals surface area contributed by atoms with Gasteiger partial charge in [0.05, 0.1) is 19.8 Å². The van der Waals surface area contributed by atoms with Gasteiger partial charge < -0.3 is 4.74 Å². The summed E-state index contributed by atoms with van der Waals surface area (Å²) in [6.07, 6.45) is 0. The van der Waals surface area contributed by atoms with Gasteiger partial charge in [-0.1, -0.05) is 11.6 Å². The van der Waals surface area contributed by atoms with Gasteiger partial charge in [0.1, 0.15) is 23.8 Å². The SMILES string of the molecule is CCOc1ccc2nc3cc(Cl)ccc3[n+](C)c2c1.COS(=O)(=O)O. The van der Waals surface area contributed by atoms with Crippen LogP contribution in [0.5, 0.6) is 5.75 Å². The van der Waals surface area contributed by atoms with Crippen molar-refractivity contribution in [2.75, 3.05) is 13.7 Å². The van der Waals surface area contributed by atoms with Crippen LogP contribution in [0, 0.1) is 0 Å². The van der Waals surface area contributed by atoms with Crippen LogP contribution in [-0.4, -0.2) is 31.7 Å². The van der Waals surface area contributed by atoms with Crippen molar-refractivity contribution in [1.29, 1.82) is 0 Å². The average molecular weight is 386 g/mol. The summed E-state index contributed by atoms with van der Waals surface area (Å²) in [5.74, 6) is 0.862. The van der Waals surface area contributed by atoms with Crippen molar-refractivity contribution < 1.29 is 26.5 Å². The zero-order valence-corrected chi connectivity index (χ0v) is 15.5. The molecule has 9 heteroatoms. The van der Waals surface area contributed by atoms with Crippen LogP contribution in [0.4, 0.5) is 0 Å². The number of benzene rings is 2. The number of ether oxygens (including phenoxy) is 1. The zero-order valence-electron chi connectivity index (χ0n) is 13.9. The molecule has 25 heavy (non-hydrogen) atoms. The second-order valence-corrected chi connectivity index (χ2v) is 6.61. The molecule has 0 bridgehead atoms. The van der Waals surface area contributed by atoms with Crippen molar-refractivity contribution in [3.8, 4) is 5.75 Å². The van der Waals surface area contributed by atoms with E-state index in [1.165, 1.54) is 0 Å². The second kappa shape index (κ2) is 7.92. The molecule has 1 N–H and O–H groups in total. The molecule has 134 valence electrons. The Morgan fingerprint density at radius 1 is 1.16 bits per heavy atom. The van der Waals surface area contributed by atoms with Crippen LogP contribution in [0.15, 0.2) is 36.4 Å². The number of hydrogen-bond donors (Lipinski definition) is 1. The van der Waals surface area contributed by atoms with Crippen LogP contribution in [0.3, 0.4) is 0 Å². The number of rotatable bonds is 3. The Morgan fingerprint density at radius 3 is 2.44 bits per heavy atom. The third-order valence-electron chi connectivity index (χ3n) is 3.37. The van der Waals surface area contributed by atoms with E-state index in [0.717, 1.165) is 34.9 Å². The molecule has 0 saturated carbocycles. The van der Waals surface area contributed by atoms with Gasteiger partial charge in [-0.05, 0) is 31.2 Å². The molecule has 2 aromatic carbocycles. The first kappa shape index (κ1) is 19.3. The van der Waals surface area contributed by atoms with E-state index in [-0.39, 0.29) is 0 Å². The molecule has 1 heterocycles. The fraction of sp³-hybridized carbons (Fsp3) is 0.250. The first-order valence-corrected chi connectivity index (χ1v) is 9.04. The number of aromatic nitrogens is 2. The smallest absolute Gasteiger partial charge is 0.397 e. The topological polar surface area (TPSA) is 89.6 Å². The highest BCUT2D eigenvalue weighted by Gasteiger charge is 2.14. The molecule has 0 atom stereocenters. The molecule has 0 spiro atoms. The molecule has 0 saturated heterocycles. The normalized spacial score (nSPS) is 11.2. The van der Waals surface area contributed by atoms with Gasteiger partial charge >= 0.3 is 10.4 Å². The lowest BCUT2D eigenvalue weighted by Crippen LogP contribution is -2.30. The lowest BCUT2D eigenvalue weighted by molar-refractivity contribution is -0.618. The van der Waals surface area contributed by atoms with E-state index in [2.05, 4.69) is 13.7 Å².